The highest BCUT2D eigenvalue weighted by Crippen LogP contribution is 2.32. The van der Waals surface area contributed by atoms with Crippen LogP contribution in [0.3, 0.4) is 0 Å². The zero-order chi connectivity index (χ0) is 17.6. The molecule has 0 saturated carbocycles. The van der Waals surface area contributed by atoms with Gasteiger partial charge in [-0.25, -0.2) is 0 Å². The molecule has 2 aliphatic rings. The second-order valence-corrected chi connectivity index (χ2v) is 6.31. The van der Waals surface area contributed by atoms with E-state index in [0.717, 1.165) is 30.8 Å². The number of nitrogens with zero attached hydrogens (tertiary/aromatic N) is 1. The van der Waals surface area contributed by atoms with Crippen LogP contribution in [0.15, 0.2) is 18.2 Å². The topological polar surface area (TPSA) is 77.1 Å². The van der Waals surface area contributed by atoms with Gasteiger partial charge in [0.25, 0.3) is 0 Å². The average molecular weight is 348 g/mol. The van der Waals surface area contributed by atoms with Gasteiger partial charge in [-0.15, -0.1) is 0 Å². The van der Waals surface area contributed by atoms with Crippen LogP contribution in [0.4, 0.5) is 0 Å². The van der Waals surface area contributed by atoms with Crippen molar-refractivity contribution in [3.8, 4) is 11.5 Å². The first-order valence-electron chi connectivity index (χ1n) is 8.64. The molecule has 136 valence electrons. The van der Waals surface area contributed by atoms with E-state index in [0.29, 0.717) is 25.4 Å². The van der Waals surface area contributed by atoms with E-state index in [1.807, 2.05) is 18.2 Å². The molecule has 1 aromatic rings. The third kappa shape index (κ3) is 4.85. The second kappa shape index (κ2) is 8.20. The Bertz CT molecular complexity index is 628. The summed E-state index contributed by atoms with van der Waals surface area (Å²) in [5, 5.41) is 2.87. The Morgan fingerprint density at radius 3 is 2.88 bits per heavy atom. The lowest BCUT2D eigenvalue weighted by Gasteiger charge is -2.23. The summed E-state index contributed by atoms with van der Waals surface area (Å²) < 4.78 is 16.2. The monoisotopic (exact) mass is 348 g/mol. The molecule has 1 fully saturated rings. The van der Waals surface area contributed by atoms with Gasteiger partial charge in [0.1, 0.15) is 0 Å². The van der Waals surface area contributed by atoms with Crippen LogP contribution in [0, 0.1) is 0 Å². The van der Waals surface area contributed by atoms with Crippen molar-refractivity contribution in [2.75, 3.05) is 26.5 Å². The molecule has 1 unspecified atom stereocenters. The van der Waals surface area contributed by atoms with Gasteiger partial charge in [-0.3, -0.25) is 9.59 Å². The fourth-order valence-electron chi connectivity index (χ4n) is 2.99. The summed E-state index contributed by atoms with van der Waals surface area (Å²) in [4.78, 5) is 25.5. The van der Waals surface area contributed by atoms with E-state index in [1.165, 1.54) is 6.92 Å². The third-order valence-electron chi connectivity index (χ3n) is 4.43. The molecule has 7 nitrogen and oxygen atoms in total. The van der Waals surface area contributed by atoms with Gasteiger partial charge in [-0.1, -0.05) is 6.07 Å². The number of carbonyl (C=O) groups excluding carboxylic acids is 2. The number of hydrogen-bond acceptors (Lipinski definition) is 5. The van der Waals surface area contributed by atoms with Crippen LogP contribution < -0.4 is 14.8 Å². The highest BCUT2D eigenvalue weighted by molar-refractivity contribution is 5.78. The van der Waals surface area contributed by atoms with Crippen LogP contribution in [0.25, 0.3) is 0 Å². The maximum atomic E-state index is 12.1. The summed E-state index contributed by atoms with van der Waals surface area (Å²) in [5.74, 6) is 1.31. The van der Waals surface area contributed by atoms with Gasteiger partial charge in [0.2, 0.25) is 18.6 Å². The number of ether oxygens (including phenoxy) is 3. The first kappa shape index (κ1) is 17.5. The van der Waals surface area contributed by atoms with Crippen molar-refractivity contribution >= 4 is 11.8 Å². The van der Waals surface area contributed by atoms with Crippen LogP contribution >= 0.6 is 0 Å². The van der Waals surface area contributed by atoms with Crippen molar-refractivity contribution in [3.63, 3.8) is 0 Å². The molecule has 3 rings (SSSR count). The lowest BCUT2D eigenvalue weighted by Crippen LogP contribution is -2.38. The van der Waals surface area contributed by atoms with E-state index in [-0.39, 0.29) is 31.1 Å². The molecule has 1 aromatic carbocycles. The maximum absolute atomic E-state index is 12.1. The lowest BCUT2D eigenvalue weighted by atomic mass is 10.2. The van der Waals surface area contributed by atoms with E-state index < -0.39 is 0 Å². The van der Waals surface area contributed by atoms with Crippen LogP contribution in [0.2, 0.25) is 0 Å². The van der Waals surface area contributed by atoms with Crippen molar-refractivity contribution in [1.82, 2.24) is 10.2 Å². The molecule has 25 heavy (non-hydrogen) atoms. The van der Waals surface area contributed by atoms with Gasteiger partial charge in [0.15, 0.2) is 11.5 Å². The summed E-state index contributed by atoms with van der Waals surface area (Å²) >= 11 is 0. The SMILES string of the molecule is CC(=O)N(CCC(=O)NCc1ccc2c(c1)OCO2)CC1CCCO1. The Hall–Kier alpha value is -2.28. The van der Waals surface area contributed by atoms with Crippen molar-refractivity contribution in [2.24, 2.45) is 0 Å². The molecule has 0 spiro atoms. The van der Waals surface area contributed by atoms with Gasteiger partial charge >= 0.3 is 0 Å². The summed E-state index contributed by atoms with van der Waals surface area (Å²) in [7, 11) is 0. The Kier molecular flexibility index (Phi) is 5.75. The van der Waals surface area contributed by atoms with Crippen LogP contribution in [-0.2, 0) is 20.9 Å². The predicted molar refractivity (Wildman–Crippen MR) is 90.3 cm³/mol. The third-order valence-corrected chi connectivity index (χ3v) is 4.43. The number of fused-ring (bicyclic) bond motifs is 1. The molecule has 1 saturated heterocycles. The minimum Gasteiger partial charge on any atom is -0.454 e. The molecule has 2 aliphatic heterocycles. The number of carbonyl (C=O) groups is 2. The molecular weight excluding hydrogens is 324 g/mol. The van der Waals surface area contributed by atoms with Gasteiger partial charge in [-0.2, -0.15) is 0 Å². The molecule has 2 heterocycles. The molecule has 0 bridgehead atoms. The largest absolute Gasteiger partial charge is 0.454 e. The summed E-state index contributed by atoms with van der Waals surface area (Å²) in [6.45, 7) is 3.90. The second-order valence-electron chi connectivity index (χ2n) is 6.31. The molecule has 1 N–H and O–H groups in total. The molecule has 7 heteroatoms. The van der Waals surface area contributed by atoms with E-state index in [2.05, 4.69) is 5.32 Å². The molecule has 2 amide bonds. The maximum Gasteiger partial charge on any atom is 0.231 e. The van der Waals surface area contributed by atoms with Gasteiger partial charge < -0.3 is 24.4 Å². The molecule has 1 atom stereocenters. The van der Waals surface area contributed by atoms with Gasteiger partial charge in [-0.05, 0) is 30.5 Å². The fraction of sp³-hybridized carbons (Fsp3) is 0.556. The van der Waals surface area contributed by atoms with Crippen molar-refractivity contribution < 1.29 is 23.8 Å². The van der Waals surface area contributed by atoms with E-state index in [4.69, 9.17) is 14.2 Å². The molecule has 0 radical (unpaired) electrons. The van der Waals surface area contributed by atoms with Gasteiger partial charge in [0.05, 0.1) is 6.10 Å². The van der Waals surface area contributed by atoms with Gasteiger partial charge in [0, 0.05) is 39.6 Å². The van der Waals surface area contributed by atoms with E-state index in [1.54, 1.807) is 4.90 Å². The minimum atomic E-state index is -0.0868. The Balaban J connectivity index is 1.42. The molecule has 0 aliphatic carbocycles. The molecular formula is C18H24N2O5. The quantitative estimate of drug-likeness (QED) is 0.807. The van der Waals surface area contributed by atoms with Crippen molar-refractivity contribution in [3.05, 3.63) is 23.8 Å². The Labute approximate surface area is 147 Å². The van der Waals surface area contributed by atoms with E-state index >= 15 is 0 Å². The number of rotatable bonds is 7. The average Bonchev–Trinajstić information content (AvgIpc) is 3.27. The smallest absolute Gasteiger partial charge is 0.231 e. The van der Waals surface area contributed by atoms with Crippen LogP contribution in [-0.4, -0.2) is 49.3 Å². The first-order valence-corrected chi connectivity index (χ1v) is 8.64. The Morgan fingerprint density at radius 1 is 1.28 bits per heavy atom. The number of benzene rings is 1. The fourth-order valence-corrected chi connectivity index (χ4v) is 2.99. The standard InChI is InChI=1S/C18H24N2O5/c1-13(21)20(11-15-3-2-8-23-15)7-6-18(22)19-10-14-4-5-16-17(9-14)25-12-24-16/h4-5,9,15H,2-3,6-8,10-12H2,1H3,(H,19,22). The van der Waals surface area contributed by atoms with Crippen LogP contribution in [0.5, 0.6) is 11.5 Å². The highest BCUT2D eigenvalue weighted by Gasteiger charge is 2.21. The Morgan fingerprint density at radius 2 is 2.12 bits per heavy atom. The summed E-state index contributed by atoms with van der Waals surface area (Å²) in [6, 6.07) is 5.60. The summed E-state index contributed by atoms with van der Waals surface area (Å²) in [6.07, 6.45) is 2.38. The zero-order valence-electron chi connectivity index (χ0n) is 14.5. The predicted octanol–water partition coefficient (Wildman–Crippen LogP) is 1.45. The number of amides is 2. The first-order chi connectivity index (χ1) is 12.1. The van der Waals surface area contributed by atoms with E-state index in [9.17, 15) is 9.59 Å². The number of nitrogens with one attached hydrogen (secondary N) is 1. The summed E-state index contributed by atoms with van der Waals surface area (Å²) in [5.41, 5.74) is 0.945. The number of hydrogen-bond donors (Lipinski definition) is 1. The zero-order valence-corrected chi connectivity index (χ0v) is 14.5. The van der Waals surface area contributed by atoms with Crippen LogP contribution in [0.1, 0.15) is 31.7 Å². The normalized spacial score (nSPS) is 18.2. The van der Waals surface area contributed by atoms with Crippen molar-refractivity contribution in [1.29, 1.82) is 0 Å². The van der Waals surface area contributed by atoms with Crippen molar-refractivity contribution in [2.45, 2.75) is 38.8 Å². The highest BCUT2D eigenvalue weighted by atomic mass is 16.7. The minimum absolute atomic E-state index is 0.0286. The molecule has 0 aromatic heterocycles. The lowest BCUT2D eigenvalue weighted by molar-refractivity contribution is -0.131.